The first-order chi connectivity index (χ1) is 46.5. The van der Waals surface area contributed by atoms with Gasteiger partial charge in [-0.1, -0.05) is 268 Å². The second-order valence-corrected chi connectivity index (χ2v) is 31.0. The summed E-state index contributed by atoms with van der Waals surface area (Å²) < 4.78 is 0. The summed E-state index contributed by atoms with van der Waals surface area (Å²) >= 11 is 0. The standard InChI is InChI=1S/C96H70/c1-94(2,3)78-46-69-28-26-67-44-76(45-68-27-29-70(47-78)89(69)88(67)68)62-18-16-60-41-64(22-20-58(60)39-62)85-52-77(82-35-31-72-48-79(95(4,5)6)49-73-33-37-84(85)93(82)91(72)73)53-96(7,8)80-50-71-25-14-56-30-34-81(83-36-32-74(51-80)90(71)92(56)83)63-21-19-57-38-61(17-15-59(57)40-63)75-42-65-23-12-54-10-9-11-55-13-24-66(43-75)87(65)86(54)55/h9-52H,53H2,1-8H3. The molecule has 0 aliphatic carbocycles. The summed E-state index contributed by atoms with van der Waals surface area (Å²) in [4.78, 5) is 0. The van der Waals surface area contributed by atoms with E-state index in [4.69, 9.17) is 0 Å². The van der Waals surface area contributed by atoms with Gasteiger partial charge in [-0.3, -0.25) is 0 Å². The fraction of sp³-hybridized carbons (Fsp3) is 0.125. The fourth-order valence-electron chi connectivity index (χ4n) is 17.4. The van der Waals surface area contributed by atoms with Crippen molar-refractivity contribution in [3.63, 3.8) is 0 Å². The minimum atomic E-state index is -0.219. The van der Waals surface area contributed by atoms with Crippen LogP contribution in [0.2, 0.25) is 0 Å². The molecule has 454 valence electrons. The normalized spacial score (nSPS) is 13.0. The molecule has 0 aromatic heterocycles. The van der Waals surface area contributed by atoms with Gasteiger partial charge in [-0.2, -0.15) is 0 Å². The second kappa shape index (κ2) is 19.6. The van der Waals surface area contributed by atoms with Gasteiger partial charge in [-0.05, 0) is 295 Å². The molecule has 0 fully saturated rings. The second-order valence-electron chi connectivity index (χ2n) is 31.0. The lowest BCUT2D eigenvalue weighted by atomic mass is 9.75. The molecule has 0 amide bonds. The van der Waals surface area contributed by atoms with Crippen LogP contribution in [0.5, 0.6) is 0 Å². The van der Waals surface area contributed by atoms with Crippen molar-refractivity contribution in [3.05, 3.63) is 289 Å². The Kier molecular flexibility index (Phi) is 11.3. The molecule has 0 heterocycles. The molecule has 0 saturated carbocycles. The highest BCUT2D eigenvalue weighted by Crippen LogP contribution is 2.49. The van der Waals surface area contributed by atoms with Gasteiger partial charge in [0, 0.05) is 0 Å². The van der Waals surface area contributed by atoms with Gasteiger partial charge in [-0.15, -0.1) is 0 Å². The Hall–Kier alpha value is -10.9. The van der Waals surface area contributed by atoms with Gasteiger partial charge in [0.25, 0.3) is 0 Å². The van der Waals surface area contributed by atoms with Crippen LogP contribution in [0.25, 0.3) is 195 Å². The van der Waals surface area contributed by atoms with E-state index >= 15 is 0 Å². The van der Waals surface area contributed by atoms with E-state index < -0.39 is 0 Å². The summed E-state index contributed by atoms with van der Waals surface area (Å²) in [6.07, 6.45) is 0.871. The van der Waals surface area contributed by atoms with E-state index in [-0.39, 0.29) is 16.2 Å². The predicted molar refractivity (Wildman–Crippen MR) is 419 cm³/mol. The molecule has 20 aromatic carbocycles. The Bertz CT molecular complexity index is 6520. The molecule has 0 radical (unpaired) electrons. The van der Waals surface area contributed by atoms with Crippen molar-refractivity contribution in [2.24, 2.45) is 0 Å². The van der Waals surface area contributed by atoms with E-state index in [9.17, 15) is 0 Å². The zero-order chi connectivity index (χ0) is 64.4. The molecule has 0 bridgehead atoms. The average molecular weight is 1220 g/mol. The molecular formula is C96H70. The van der Waals surface area contributed by atoms with E-state index in [1.807, 2.05) is 0 Å². The van der Waals surface area contributed by atoms with E-state index in [0.29, 0.717) is 0 Å². The first-order valence-electron chi connectivity index (χ1n) is 34.5. The van der Waals surface area contributed by atoms with Crippen LogP contribution >= 0.6 is 0 Å². The predicted octanol–water partition coefficient (Wildman–Crippen LogP) is 27.4. The van der Waals surface area contributed by atoms with Gasteiger partial charge in [0.15, 0.2) is 0 Å². The topological polar surface area (TPSA) is 0 Å². The molecule has 0 N–H and O–H groups in total. The largest absolute Gasteiger partial charge is 0.0610 e. The minimum absolute atomic E-state index is 0.0245. The molecule has 0 aliphatic rings. The maximum atomic E-state index is 2.55. The number of rotatable bonds is 7. The third kappa shape index (κ3) is 8.34. The molecule has 0 unspecified atom stereocenters. The molecule has 0 atom stereocenters. The molecule has 0 spiro atoms. The highest BCUT2D eigenvalue weighted by atomic mass is 14.3. The van der Waals surface area contributed by atoms with Crippen molar-refractivity contribution < 1.29 is 0 Å². The third-order valence-corrected chi connectivity index (χ3v) is 22.5. The quantitative estimate of drug-likeness (QED) is 0.140. The minimum Gasteiger partial charge on any atom is -0.0610 e. The molecule has 0 nitrogen and oxygen atoms in total. The summed E-state index contributed by atoms with van der Waals surface area (Å²) in [7, 11) is 0. The van der Waals surface area contributed by atoms with E-state index in [1.165, 1.54) is 218 Å². The smallest absolute Gasteiger partial charge is 0.00178 e. The SMILES string of the molecule is CC(C)(C)c1cc2ccc3cc(-c4ccc5cc(-c6cc(CC(C)(C)c7cc8ccc9ccc(-c%10ccc%11cc(-c%12cc%13ccc%14cccc%15ccc(c%12)c%13c%14%15)ccc%11c%10)c%10ccc(c7)c8c9%10)c7ccc8cc(C(C)(C)C)cc9ccc6c7c89)ccc5c4)cc4ccc(c1)c2c34. The van der Waals surface area contributed by atoms with Crippen LogP contribution < -0.4 is 0 Å². The van der Waals surface area contributed by atoms with Crippen LogP contribution in [0.15, 0.2) is 267 Å². The molecule has 0 aliphatic heterocycles. The molecule has 96 heavy (non-hydrogen) atoms. The summed E-state index contributed by atoms with van der Waals surface area (Å²) in [5.74, 6) is 0. The molecule has 20 rings (SSSR count). The van der Waals surface area contributed by atoms with Gasteiger partial charge in [-0.25, -0.2) is 0 Å². The molecule has 20 aromatic rings. The highest BCUT2D eigenvalue weighted by Gasteiger charge is 2.28. The Balaban J connectivity index is 0.657. The lowest BCUT2D eigenvalue weighted by Crippen LogP contribution is -2.21. The lowest BCUT2D eigenvalue weighted by Gasteiger charge is -2.29. The molecule has 0 heteroatoms. The van der Waals surface area contributed by atoms with Crippen molar-refractivity contribution >= 4 is 151 Å². The van der Waals surface area contributed by atoms with Crippen LogP contribution in [0.4, 0.5) is 0 Å². The van der Waals surface area contributed by atoms with E-state index in [1.54, 1.807) is 0 Å². The van der Waals surface area contributed by atoms with E-state index in [0.717, 1.165) is 6.42 Å². The molecular weight excluding hydrogens is 1150 g/mol. The number of hydrogen-bond acceptors (Lipinski definition) is 0. The van der Waals surface area contributed by atoms with Crippen LogP contribution in [0.1, 0.15) is 77.6 Å². The summed E-state index contributed by atoms with van der Waals surface area (Å²) in [6, 6.07) is 104. The van der Waals surface area contributed by atoms with Crippen LogP contribution in [0.3, 0.4) is 0 Å². The van der Waals surface area contributed by atoms with Crippen molar-refractivity contribution in [1.82, 2.24) is 0 Å². The zero-order valence-corrected chi connectivity index (χ0v) is 55.6. The highest BCUT2D eigenvalue weighted by molar-refractivity contribution is 6.29. The number of hydrogen-bond donors (Lipinski definition) is 0. The van der Waals surface area contributed by atoms with Crippen LogP contribution in [-0.4, -0.2) is 0 Å². The van der Waals surface area contributed by atoms with Gasteiger partial charge < -0.3 is 0 Å². The number of benzene rings is 20. The van der Waals surface area contributed by atoms with Crippen LogP contribution in [0, 0.1) is 0 Å². The van der Waals surface area contributed by atoms with Crippen molar-refractivity contribution in [2.45, 2.75) is 78.1 Å². The van der Waals surface area contributed by atoms with Crippen molar-refractivity contribution in [2.75, 3.05) is 0 Å². The first-order valence-corrected chi connectivity index (χ1v) is 34.5. The Labute approximate surface area is 559 Å². The van der Waals surface area contributed by atoms with Gasteiger partial charge in [0.05, 0.1) is 0 Å². The first kappa shape index (κ1) is 55.5. The lowest BCUT2D eigenvalue weighted by molar-refractivity contribution is 0.525. The third-order valence-electron chi connectivity index (χ3n) is 22.5. The summed E-state index contributed by atoms with van der Waals surface area (Å²) in [5.41, 5.74) is 15.4. The summed E-state index contributed by atoms with van der Waals surface area (Å²) in [5, 5.41) is 36.7. The Morgan fingerprint density at radius 2 is 0.490 bits per heavy atom. The Morgan fingerprint density at radius 3 is 0.938 bits per heavy atom. The van der Waals surface area contributed by atoms with Gasteiger partial charge in [0.1, 0.15) is 0 Å². The maximum Gasteiger partial charge on any atom is -0.00178 e. The maximum absolute atomic E-state index is 2.55. The van der Waals surface area contributed by atoms with Gasteiger partial charge >= 0.3 is 0 Å². The Morgan fingerprint density at radius 1 is 0.198 bits per heavy atom. The van der Waals surface area contributed by atoms with Crippen molar-refractivity contribution in [1.29, 1.82) is 0 Å². The van der Waals surface area contributed by atoms with E-state index in [2.05, 4.69) is 322 Å². The zero-order valence-electron chi connectivity index (χ0n) is 55.6. The number of fused-ring (bicyclic) bond motifs is 2. The van der Waals surface area contributed by atoms with Crippen LogP contribution in [-0.2, 0) is 22.7 Å². The fourth-order valence-corrected chi connectivity index (χ4v) is 17.4. The van der Waals surface area contributed by atoms with Crippen molar-refractivity contribution in [3.8, 4) is 44.5 Å². The average Bonchev–Trinajstić information content (AvgIpc) is 0.735. The molecule has 0 saturated heterocycles. The van der Waals surface area contributed by atoms with Gasteiger partial charge in [0.2, 0.25) is 0 Å². The monoisotopic (exact) mass is 1220 g/mol. The summed E-state index contributed by atoms with van der Waals surface area (Å²) in [6.45, 7) is 18.9.